The number of piperazine rings is 2. The van der Waals surface area contributed by atoms with Crippen LogP contribution in [0.1, 0.15) is 15.4 Å². The number of aromatic nitrogens is 3. The molecular weight excluding hydrogens is 362 g/mol. The molecule has 8 nitrogen and oxygen atoms in total. The Morgan fingerprint density at radius 3 is 1.96 bits per heavy atom. The summed E-state index contributed by atoms with van der Waals surface area (Å²) in [4.78, 5) is 26.3. The molecule has 2 saturated heterocycles. The number of hydrogen-bond donors (Lipinski definition) is 0. The fourth-order valence-corrected chi connectivity index (χ4v) is 4.25. The number of nitrogens with zero attached hydrogens (tertiary/aromatic N) is 7. The van der Waals surface area contributed by atoms with E-state index < -0.39 is 0 Å². The lowest BCUT2D eigenvalue weighted by molar-refractivity contribution is 0.0750. The van der Waals surface area contributed by atoms with Crippen LogP contribution >= 0.6 is 11.3 Å². The molecular formula is C18H25N7OS. The van der Waals surface area contributed by atoms with Crippen LogP contribution in [-0.4, -0.2) is 90.3 Å². The van der Waals surface area contributed by atoms with E-state index in [-0.39, 0.29) is 5.91 Å². The van der Waals surface area contributed by atoms with Crippen molar-refractivity contribution >= 4 is 28.9 Å². The molecule has 1 amide bonds. The number of carbonyl (C=O) groups is 1. The highest BCUT2D eigenvalue weighted by Gasteiger charge is 2.25. The number of carbonyl (C=O) groups excluding carboxylic acids is 1. The van der Waals surface area contributed by atoms with Crippen LogP contribution in [0.2, 0.25) is 0 Å². The third-order valence-corrected chi connectivity index (χ3v) is 6.21. The van der Waals surface area contributed by atoms with Crippen LogP contribution in [0.4, 0.5) is 11.6 Å². The van der Waals surface area contributed by atoms with Gasteiger partial charge in [-0.05, 0) is 26.1 Å². The second-order valence-electron chi connectivity index (χ2n) is 7.09. The van der Waals surface area contributed by atoms with Gasteiger partial charge < -0.3 is 19.6 Å². The van der Waals surface area contributed by atoms with E-state index in [9.17, 15) is 4.79 Å². The molecule has 0 radical (unpaired) electrons. The number of likely N-dealkylation sites (N-methyl/N-ethyl adjacent to an activating group) is 1. The Balaban J connectivity index is 1.34. The molecule has 0 unspecified atom stereocenters. The number of aryl methyl sites for hydroxylation is 1. The summed E-state index contributed by atoms with van der Waals surface area (Å²) < 4.78 is 0. The van der Waals surface area contributed by atoms with E-state index in [1.54, 1.807) is 5.51 Å². The minimum absolute atomic E-state index is 0.0890. The lowest BCUT2D eigenvalue weighted by Gasteiger charge is -2.35. The largest absolute Gasteiger partial charge is 0.353 e. The molecule has 0 atom stereocenters. The molecule has 0 N–H and O–H groups in total. The molecule has 0 aromatic carbocycles. The number of amides is 1. The minimum atomic E-state index is 0.0890. The maximum absolute atomic E-state index is 12.6. The first kappa shape index (κ1) is 18.1. The fourth-order valence-electron chi connectivity index (χ4n) is 3.48. The van der Waals surface area contributed by atoms with Crippen molar-refractivity contribution in [2.45, 2.75) is 6.92 Å². The Morgan fingerprint density at radius 1 is 0.926 bits per heavy atom. The zero-order valence-electron chi connectivity index (χ0n) is 15.8. The summed E-state index contributed by atoms with van der Waals surface area (Å²) in [6, 6.07) is 4.11. The van der Waals surface area contributed by atoms with Gasteiger partial charge in [-0.1, -0.05) is 0 Å². The average molecular weight is 388 g/mol. The van der Waals surface area contributed by atoms with Gasteiger partial charge in [0.15, 0.2) is 11.6 Å². The van der Waals surface area contributed by atoms with E-state index in [2.05, 4.69) is 43.0 Å². The van der Waals surface area contributed by atoms with Crippen LogP contribution in [0.15, 0.2) is 17.6 Å². The van der Waals surface area contributed by atoms with Gasteiger partial charge in [-0.15, -0.1) is 21.5 Å². The van der Waals surface area contributed by atoms with E-state index in [1.807, 2.05) is 17.9 Å². The fraction of sp³-hybridized carbons (Fsp3) is 0.556. The van der Waals surface area contributed by atoms with Crippen LogP contribution in [0.25, 0.3) is 0 Å². The maximum Gasteiger partial charge on any atom is 0.265 e. The first-order valence-electron chi connectivity index (χ1n) is 9.33. The highest BCUT2D eigenvalue weighted by atomic mass is 32.1. The van der Waals surface area contributed by atoms with Crippen LogP contribution in [0.3, 0.4) is 0 Å². The number of thiazole rings is 1. The van der Waals surface area contributed by atoms with Crippen LogP contribution in [0, 0.1) is 6.92 Å². The highest BCUT2D eigenvalue weighted by Crippen LogP contribution is 2.20. The zero-order chi connectivity index (χ0) is 18.8. The third-order valence-electron chi connectivity index (χ3n) is 5.29. The van der Waals surface area contributed by atoms with Gasteiger partial charge in [-0.25, -0.2) is 4.98 Å². The van der Waals surface area contributed by atoms with E-state index in [0.29, 0.717) is 13.1 Å². The Bertz CT molecular complexity index is 777. The lowest BCUT2D eigenvalue weighted by Crippen LogP contribution is -2.49. The maximum atomic E-state index is 12.6. The van der Waals surface area contributed by atoms with Gasteiger partial charge in [0.05, 0.1) is 11.2 Å². The van der Waals surface area contributed by atoms with Crippen LogP contribution < -0.4 is 9.80 Å². The number of hydrogen-bond acceptors (Lipinski definition) is 8. The lowest BCUT2D eigenvalue weighted by atomic mass is 10.2. The van der Waals surface area contributed by atoms with Crippen molar-refractivity contribution in [2.75, 3.05) is 69.2 Å². The first-order chi connectivity index (χ1) is 13.1. The molecule has 0 saturated carbocycles. The summed E-state index contributed by atoms with van der Waals surface area (Å²) in [6.45, 7) is 8.90. The Morgan fingerprint density at radius 2 is 1.48 bits per heavy atom. The topological polar surface area (TPSA) is 68.7 Å². The average Bonchev–Trinajstić information content (AvgIpc) is 3.14. The van der Waals surface area contributed by atoms with Gasteiger partial charge in [0.25, 0.3) is 5.91 Å². The predicted molar refractivity (Wildman–Crippen MR) is 107 cm³/mol. The van der Waals surface area contributed by atoms with Gasteiger partial charge >= 0.3 is 0 Å². The molecule has 0 spiro atoms. The second kappa shape index (κ2) is 7.77. The van der Waals surface area contributed by atoms with Crippen molar-refractivity contribution in [3.05, 3.63) is 28.2 Å². The van der Waals surface area contributed by atoms with Gasteiger partial charge in [0, 0.05) is 52.4 Å². The van der Waals surface area contributed by atoms with Crippen molar-refractivity contribution in [3.8, 4) is 0 Å². The molecule has 4 rings (SSSR count). The summed E-state index contributed by atoms with van der Waals surface area (Å²) in [5.74, 6) is 1.92. The van der Waals surface area contributed by atoms with Crippen molar-refractivity contribution in [2.24, 2.45) is 0 Å². The molecule has 2 aliphatic rings. The summed E-state index contributed by atoms with van der Waals surface area (Å²) in [5.41, 5.74) is 2.55. The van der Waals surface area contributed by atoms with Gasteiger partial charge in [-0.2, -0.15) is 0 Å². The zero-order valence-corrected chi connectivity index (χ0v) is 16.7. The minimum Gasteiger partial charge on any atom is -0.353 e. The van der Waals surface area contributed by atoms with E-state index in [0.717, 1.165) is 61.5 Å². The summed E-state index contributed by atoms with van der Waals surface area (Å²) in [5, 5.41) is 8.88. The molecule has 144 valence electrons. The molecule has 2 fully saturated rings. The van der Waals surface area contributed by atoms with Crippen molar-refractivity contribution in [3.63, 3.8) is 0 Å². The summed E-state index contributed by atoms with van der Waals surface area (Å²) in [6.07, 6.45) is 0. The molecule has 4 heterocycles. The Hall–Kier alpha value is -2.26. The quantitative estimate of drug-likeness (QED) is 0.777. The van der Waals surface area contributed by atoms with Gasteiger partial charge in [0.2, 0.25) is 0 Å². The monoisotopic (exact) mass is 387 g/mol. The first-order valence-corrected chi connectivity index (χ1v) is 10.2. The molecule has 2 aliphatic heterocycles. The second-order valence-corrected chi connectivity index (χ2v) is 7.94. The van der Waals surface area contributed by atoms with Crippen molar-refractivity contribution < 1.29 is 4.79 Å². The number of anilines is 2. The van der Waals surface area contributed by atoms with Crippen molar-refractivity contribution in [1.82, 2.24) is 25.0 Å². The molecule has 27 heavy (non-hydrogen) atoms. The van der Waals surface area contributed by atoms with E-state index in [1.165, 1.54) is 11.3 Å². The normalized spacial score (nSPS) is 18.8. The third kappa shape index (κ3) is 3.89. The van der Waals surface area contributed by atoms with Gasteiger partial charge in [-0.3, -0.25) is 4.79 Å². The number of rotatable bonds is 3. The summed E-state index contributed by atoms with van der Waals surface area (Å²) in [7, 11) is 2.15. The SMILES string of the molecule is Cc1ncsc1C(=O)N1CCN(c2ccc(N3CCN(C)CC3)nn2)CC1. The van der Waals surface area contributed by atoms with Crippen LogP contribution in [-0.2, 0) is 0 Å². The van der Waals surface area contributed by atoms with Gasteiger partial charge in [0.1, 0.15) is 4.88 Å². The predicted octanol–water partition coefficient (Wildman–Crippen LogP) is 0.956. The Kier molecular flexibility index (Phi) is 5.22. The van der Waals surface area contributed by atoms with Crippen LogP contribution in [0.5, 0.6) is 0 Å². The molecule has 0 aliphatic carbocycles. The molecule has 2 aromatic heterocycles. The smallest absolute Gasteiger partial charge is 0.265 e. The highest BCUT2D eigenvalue weighted by molar-refractivity contribution is 7.11. The van der Waals surface area contributed by atoms with Crippen molar-refractivity contribution in [1.29, 1.82) is 0 Å². The molecule has 9 heteroatoms. The summed E-state index contributed by atoms with van der Waals surface area (Å²) >= 11 is 1.42. The molecule has 0 bridgehead atoms. The standard InChI is InChI=1S/C18H25N7OS/c1-14-17(27-13-19-14)18(26)25-11-9-24(10-12-25)16-4-3-15(20-21-16)23-7-5-22(2)6-8-23/h3-4,13H,5-12H2,1-2H3. The molecule has 2 aromatic rings. The Labute approximate surface area is 163 Å². The van der Waals surface area contributed by atoms with E-state index in [4.69, 9.17) is 0 Å². The van der Waals surface area contributed by atoms with E-state index >= 15 is 0 Å².